The number of hydrogen-bond donors (Lipinski definition) is 2. The zero-order valence-electron chi connectivity index (χ0n) is 10.2. The fourth-order valence-corrected chi connectivity index (χ4v) is 2.40. The van der Waals surface area contributed by atoms with Crippen molar-refractivity contribution in [2.24, 2.45) is 0 Å². The molecule has 0 saturated carbocycles. The summed E-state index contributed by atoms with van der Waals surface area (Å²) in [4.78, 5) is 14.0. The van der Waals surface area contributed by atoms with Crippen LogP contribution in [0.5, 0.6) is 0 Å². The number of nitrogens with two attached hydrogens (primary N) is 1. The number of anilines is 1. The highest BCUT2D eigenvalue weighted by atomic mass is 16.6. The number of H-pyrrole nitrogens is 1. The zero-order chi connectivity index (χ0) is 13.2. The highest BCUT2D eigenvalue weighted by Crippen LogP contribution is 2.26. The van der Waals surface area contributed by atoms with Gasteiger partial charge in [-0.05, 0) is 29.2 Å². The van der Waals surface area contributed by atoms with Crippen molar-refractivity contribution in [2.45, 2.75) is 18.8 Å². The molecule has 1 fully saturated rings. The molecule has 1 unspecified atom stereocenters. The van der Waals surface area contributed by atoms with Crippen molar-refractivity contribution < 1.29 is 9.42 Å². The van der Waals surface area contributed by atoms with Crippen LogP contribution in [0.1, 0.15) is 34.9 Å². The van der Waals surface area contributed by atoms with Crippen molar-refractivity contribution in [3.05, 3.63) is 23.7 Å². The molecule has 2 aromatic heterocycles. The van der Waals surface area contributed by atoms with Crippen LogP contribution >= 0.6 is 0 Å². The van der Waals surface area contributed by atoms with E-state index in [0.717, 1.165) is 18.5 Å². The van der Waals surface area contributed by atoms with E-state index in [1.807, 2.05) is 6.07 Å². The molecule has 1 aliphatic rings. The normalized spacial score (nSPS) is 19.6. The molecule has 3 heterocycles. The summed E-state index contributed by atoms with van der Waals surface area (Å²) >= 11 is 0. The van der Waals surface area contributed by atoms with Crippen LogP contribution in [-0.4, -0.2) is 44.4 Å². The average molecular weight is 262 g/mol. The molecule has 0 aliphatic carbocycles. The predicted molar refractivity (Wildman–Crippen MR) is 65.2 cm³/mol. The standard InChI is InChI=1S/C11H14N6O2/c12-10-9(15-19-16-10)11(18)17-5-1-2-7(6-17)8-3-4-13-14-8/h3-4,7H,1-2,5-6H2,(H2,12,16)(H,13,14). The molecule has 1 aliphatic heterocycles. The zero-order valence-corrected chi connectivity index (χ0v) is 10.2. The molecule has 100 valence electrons. The van der Waals surface area contributed by atoms with Gasteiger partial charge < -0.3 is 10.6 Å². The van der Waals surface area contributed by atoms with Crippen molar-refractivity contribution in [3.63, 3.8) is 0 Å². The largest absolute Gasteiger partial charge is 0.379 e. The minimum Gasteiger partial charge on any atom is -0.379 e. The van der Waals surface area contributed by atoms with Gasteiger partial charge in [0.25, 0.3) is 5.91 Å². The van der Waals surface area contributed by atoms with Gasteiger partial charge >= 0.3 is 0 Å². The Morgan fingerprint density at radius 1 is 1.53 bits per heavy atom. The number of amides is 1. The molecule has 2 aromatic rings. The van der Waals surface area contributed by atoms with Gasteiger partial charge in [0.05, 0.1) is 0 Å². The highest BCUT2D eigenvalue weighted by Gasteiger charge is 2.29. The minimum absolute atomic E-state index is 0.0358. The second-order valence-corrected chi connectivity index (χ2v) is 4.60. The first-order valence-electron chi connectivity index (χ1n) is 6.12. The number of nitrogens with one attached hydrogen (secondary N) is 1. The van der Waals surface area contributed by atoms with Crippen molar-refractivity contribution >= 4 is 11.7 Å². The molecule has 0 aromatic carbocycles. The third-order valence-electron chi connectivity index (χ3n) is 3.39. The van der Waals surface area contributed by atoms with Gasteiger partial charge in [0.2, 0.25) is 11.5 Å². The summed E-state index contributed by atoms with van der Waals surface area (Å²) in [6, 6.07) is 1.94. The molecule has 3 N–H and O–H groups in total. The second-order valence-electron chi connectivity index (χ2n) is 4.60. The van der Waals surface area contributed by atoms with E-state index in [-0.39, 0.29) is 23.3 Å². The summed E-state index contributed by atoms with van der Waals surface area (Å²) in [6.45, 7) is 1.31. The SMILES string of the molecule is Nc1nonc1C(=O)N1CCCC(c2ccn[nH]2)C1. The van der Waals surface area contributed by atoms with E-state index in [9.17, 15) is 4.79 Å². The molecule has 1 amide bonds. The number of nitrogens with zero attached hydrogens (tertiary/aromatic N) is 4. The number of hydrogen-bond acceptors (Lipinski definition) is 6. The Balaban J connectivity index is 1.75. The van der Waals surface area contributed by atoms with Crippen molar-refractivity contribution in [2.75, 3.05) is 18.8 Å². The van der Waals surface area contributed by atoms with E-state index < -0.39 is 0 Å². The number of likely N-dealkylation sites (tertiary alicyclic amines) is 1. The number of nitrogen functional groups attached to an aromatic ring is 1. The Hall–Kier alpha value is -2.38. The summed E-state index contributed by atoms with van der Waals surface area (Å²) in [5, 5.41) is 13.9. The smallest absolute Gasteiger partial charge is 0.280 e. The number of aromatic amines is 1. The van der Waals surface area contributed by atoms with Gasteiger partial charge in [-0.3, -0.25) is 9.89 Å². The maximum atomic E-state index is 12.3. The van der Waals surface area contributed by atoms with Crippen LogP contribution in [0.2, 0.25) is 0 Å². The van der Waals surface area contributed by atoms with E-state index in [4.69, 9.17) is 5.73 Å². The quantitative estimate of drug-likeness (QED) is 0.809. The number of carbonyl (C=O) groups excluding carboxylic acids is 1. The maximum absolute atomic E-state index is 12.3. The van der Waals surface area contributed by atoms with Crippen LogP contribution in [0.3, 0.4) is 0 Å². The number of aromatic nitrogens is 4. The van der Waals surface area contributed by atoms with E-state index >= 15 is 0 Å². The lowest BCUT2D eigenvalue weighted by Gasteiger charge is -2.31. The second kappa shape index (κ2) is 4.71. The Labute approximate surface area is 108 Å². The van der Waals surface area contributed by atoms with Crippen LogP contribution in [0.15, 0.2) is 16.9 Å². The van der Waals surface area contributed by atoms with Crippen LogP contribution in [0, 0.1) is 0 Å². The first-order valence-corrected chi connectivity index (χ1v) is 6.12. The fourth-order valence-electron chi connectivity index (χ4n) is 2.40. The van der Waals surface area contributed by atoms with Gasteiger partial charge in [-0.15, -0.1) is 0 Å². The van der Waals surface area contributed by atoms with Crippen molar-refractivity contribution in [1.82, 2.24) is 25.4 Å². The Morgan fingerprint density at radius 3 is 3.11 bits per heavy atom. The van der Waals surface area contributed by atoms with Crippen LogP contribution in [0.25, 0.3) is 0 Å². The lowest BCUT2D eigenvalue weighted by atomic mass is 9.95. The van der Waals surface area contributed by atoms with E-state index in [1.165, 1.54) is 0 Å². The summed E-state index contributed by atoms with van der Waals surface area (Å²) in [7, 11) is 0. The number of piperidine rings is 1. The lowest BCUT2D eigenvalue weighted by Crippen LogP contribution is -2.39. The van der Waals surface area contributed by atoms with Crippen LogP contribution in [0.4, 0.5) is 5.82 Å². The van der Waals surface area contributed by atoms with Gasteiger partial charge in [0, 0.05) is 30.9 Å². The van der Waals surface area contributed by atoms with Gasteiger partial charge in [-0.25, -0.2) is 4.63 Å². The van der Waals surface area contributed by atoms with Crippen LogP contribution < -0.4 is 5.73 Å². The first-order chi connectivity index (χ1) is 9.25. The molecule has 3 rings (SSSR count). The van der Waals surface area contributed by atoms with Crippen molar-refractivity contribution in [3.8, 4) is 0 Å². The molecule has 1 atom stereocenters. The molecular weight excluding hydrogens is 248 g/mol. The molecule has 8 nitrogen and oxygen atoms in total. The first kappa shape index (κ1) is 11.7. The highest BCUT2D eigenvalue weighted by molar-refractivity contribution is 5.96. The van der Waals surface area contributed by atoms with E-state index in [0.29, 0.717) is 13.1 Å². The van der Waals surface area contributed by atoms with Gasteiger partial charge in [0.15, 0.2) is 0 Å². The minimum atomic E-state index is -0.233. The lowest BCUT2D eigenvalue weighted by molar-refractivity contribution is 0.0695. The van der Waals surface area contributed by atoms with Crippen LogP contribution in [-0.2, 0) is 0 Å². The molecule has 0 radical (unpaired) electrons. The van der Waals surface area contributed by atoms with Crippen molar-refractivity contribution in [1.29, 1.82) is 0 Å². The Kier molecular flexibility index (Phi) is 2.90. The summed E-state index contributed by atoms with van der Waals surface area (Å²) in [6.07, 6.45) is 3.68. The summed E-state index contributed by atoms with van der Waals surface area (Å²) < 4.78 is 4.47. The third kappa shape index (κ3) is 2.16. The van der Waals surface area contributed by atoms with Gasteiger partial charge in [-0.1, -0.05) is 0 Å². The average Bonchev–Trinajstić information content (AvgIpc) is 3.09. The predicted octanol–water partition coefficient (Wildman–Crippen LogP) is 0.395. The van der Waals surface area contributed by atoms with Gasteiger partial charge in [0.1, 0.15) is 0 Å². The monoisotopic (exact) mass is 262 g/mol. The summed E-state index contributed by atoms with van der Waals surface area (Å²) in [5.74, 6) is 0.0675. The topological polar surface area (TPSA) is 114 Å². The summed E-state index contributed by atoms with van der Waals surface area (Å²) in [5.41, 5.74) is 6.68. The maximum Gasteiger partial charge on any atom is 0.280 e. The molecule has 0 bridgehead atoms. The third-order valence-corrected chi connectivity index (χ3v) is 3.39. The van der Waals surface area contributed by atoms with E-state index in [2.05, 4.69) is 25.1 Å². The number of carbonyl (C=O) groups is 1. The molecule has 1 saturated heterocycles. The van der Waals surface area contributed by atoms with Gasteiger partial charge in [-0.2, -0.15) is 5.10 Å². The molecular formula is C11H14N6O2. The molecule has 19 heavy (non-hydrogen) atoms. The Morgan fingerprint density at radius 2 is 2.42 bits per heavy atom. The molecule has 8 heteroatoms. The fraction of sp³-hybridized carbons (Fsp3) is 0.455. The number of rotatable bonds is 2. The van der Waals surface area contributed by atoms with E-state index in [1.54, 1.807) is 11.1 Å². The Bertz CT molecular complexity index is 564. The molecule has 0 spiro atoms.